The minimum Gasteiger partial charge on any atom is -0.356 e. The zero-order chi connectivity index (χ0) is 14.4. The van der Waals surface area contributed by atoms with Crippen LogP contribution >= 0.6 is 0 Å². The molecule has 110 valence electrons. The Balaban J connectivity index is 2.00. The van der Waals surface area contributed by atoms with Gasteiger partial charge in [0.15, 0.2) is 5.96 Å². The average molecular weight is 274 g/mol. The first-order valence-corrected chi connectivity index (χ1v) is 7.48. The Morgan fingerprint density at radius 2 is 2.05 bits per heavy atom. The quantitative estimate of drug-likeness (QED) is 0.860. The number of aliphatic imine (C=N–C) groups is 1. The molecule has 1 atom stereocenters. The molecule has 1 aliphatic heterocycles. The number of guanidine groups is 1. The molecule has 0 saturated carbocycles. The lowest BCUT2D eigenvalue weighted by Crippen LogP contribution is -2.44. The monoisotopic (exact) mass is 274 g/mol. The second-order valence-corrected chi connectivity index (χ2v) is 5.47. The Morgan fingerprint density at radius 1 is 1.30 bits per heavy atom. The average Bonchev–Trinajstić information content (AvgIpc) is 2.49. The van der Waals surface area contributed by atoms with E-state index in [9.17, 15) is 0 Å². The molecule has 0 aromatic heterocycles. The van der Waals surface area contributed by atoms with Gasteiger partial charge in [-0.05, 0) is 38.1 Å². The summed E-state index contributed by atoms with van der Waals surface area (Å²) in [6, 6.07) is 9.28. The molecular formula is C16H26N4. The van der Waals surface area contributed by atoms with Crippen LogP contribution in [0.2, 0.25) is 0 Å². The molecular weight excluding hydrogens is 248 g/mol. The molecule has 1 unspecified atom stereocenters. The maximum Gasteiger partial charge on any atom is 0.191 e. The normalized spacial score (nSPS) is 16.5. The van der Waals surface area contributed by atoms with Crippen molar-refractivity contribution in [2.75, 3.05) is 33.7 Å². The summed E-state index contributed by atoms with van der Waals surface area (Å²) in [6.07, 6.45) is 2.21. The SMILES string of the molecule is CCc1ccc(C(CNC2=NCCCN2)N(C)C)cc1. The lowest BCUT2D eigenvalue weighted by molar-refractivity contribution is 0.298. The molecule has 0 amide bonds. The van der Waals surface area contributed by atoms with E-state index in [-0.39, 0.29) is 0 Å². The molecule has 0 bridgehead atoms. The van der Waals surface area contributed by atoms with Gasteiger partial charge in [-0.15, -0.1) is 0 Å². The van der Waals surface area contributed by atoms with Crippen molar-refractivity contribution in [3.05, 3.63) is 35.4 Å². The minimum absolute atomic E-state index is 0.354. The molecule has 1 aliphatic rings. The first kappa shape index (κ1) is 14.9. The van der Waals surface area contributed by atoms with Crippen LogP contribution < -0.4 is 10.6 Å². The molecule has 0 saturated heterocycles. The molecule has 0 spiro atoms. The number of aryl methyl sites for hydroxylation is 1. The molecule has 0 fully saturated rings. The second-order valence-electron chi connectivity index (χ2n) is 5.47. The second kappa shape index (κ2) is 7.29. The van der Waals surface area contributed by atoms with Crippen molar-refractivity contribution in [3.63, 3.8) is 0 Å². The van der Waals surface area contributed by atoms with Gasteiger partial charge >= 0.3 is 0 Å². The van der Waals surface area contributed by atoms with Gasteiger partial charge < -0.3 is 15.5 Å². The third-order valence-electron chi connectivity index (χ3n) is 3.76. The first-order chi connectivity index (χ1) is 9.70. The summed E-state index contributed by atoms with van der Waals surface area (Å²) in [7, 11) is 4.24. The molecule has 4 heteroatoms. The molecule has 4 nitrogen and oxygen atoms in total. The topological polar surface area (TPSA) is 39.7 Å². The fourth-order valence-corrected chi connectivity index (χ4v) is 2.42. The first-order valence-electron chi connectivity index (χ1n) is 7.48. The van der Waals surface area contributed by atoms with Gasteiger partial charge in [-0.1, -0.05) is 31.2 Å². The number of hydrogen-bond acceptors (Lipinski definition) is 4. The molecule has 1 heterocycles. The molecule has 1 aromatic rings. The van der Waals surface area contributed by atoms with E-state index < -0.39 is 0 Å². The van der Waals surface area contributed by atoms with Crippen LogP contribution in [0.15, 0.2) is 29.3 Å². The van der Waals surface area contributed by atoms with Crippen LogP contribution in [0.25, 0.3) is 0 Å². The largest absolute Gasteiger partial charge is 0.356 e. The van der Waals surface area contributed by atoms with Crippen LogP contribution in [0.4, 0.5) is 0 Å². The number of hydrogen-bond donors (Lipinski definition) is 2. The Morgan fingerprint density at radius 3 is 2.60 bits per heavy atom. The van der Waals surface area contributed by atoms with Crippen LogP contribution in [0.3, 0.4) is 0 Å². The fourth-order valence-electron chi connectivity index (χ4n) is 2.42. The van der Waals surface area contributed by atoms with Gasteiger partial charge in [-0.25, -0.2) is 0 Å². The fraction of sp³-hybridized carbons (Fsp3) is 0.562. The lowest BCUT2D eigenvalue weighted by atomic mass is 10.0. The van der Waals surface area contributed by atoms with Gasteiger partial charge in [0.1, 0.15) is 0 Å². The molecule has 2 N–H and O–H groups in total. The highest BCUT2D eigenvalue weighted by molar-refractivity contribution is 5.80. The Labute approximate surface area is 122 Å². The molecule has 2 rings (SSSR count). The highest BCUT2D eigenvalue weighted by atomic mass is 15.2. The van der Waals surface area contributed by atoms with Crippen LogP contribution in [0.5, 0.6) is 0 Å². The Bertz CT molecular complexity index is 436. The van der Waals surface area contributed by atoms with Gasteiger partial charge in [-0.2, -0.15) is 0 Å². The van der Waals surface area contributed by atoms with Crippen molar-refractivity contribution in [2.45, 2.75) is 25.8 Å². The van der Waals surface area contributed by atoms with E-state index in [4.69, 9.17) is 0 Å². The summed E-state index contributed by atoms with van der Waals surface area (Å²) < 4.78 is 0. The van der Waals surface area contributed by atoms with E-state index in [1.54, 1.807) is 0 Å². The molecule has 0 radical (unpaired) electrons. The van der Waals surface area contributed by atoms with Crippen molar-refractivity contribution in [1.82, 2.24) is 15.5 Å². The number of benzene rings is 1. The standard InChI is InChI=1S/C16H26N4/c1-4-13-6-8-14(9-7-13)15(20(2)3)12-19-16-17-10-5-11-18-16/h6-9,15H,4-5,10-12H2,1-3H3,(H2,17,18,19). The number of likely N-dealkylation sites (N-methyl/N-ethyl adjacent to an activating group) is 1. The third-order valence-corrected chi connectivity index (χ3v) is 3.76. The number of nitrogens with one attached hydrogen (secondary N) is 2. The zero-order valence-electron chi connectivity index (χ0n) is 12.8. The van der Waals surface area contributed by atoms with E-state index in [0.29, 0.717) is 6.04 Å². The summed E-state index contributed by atoms with van der Waals surface area (Å²) in [4.78, 5) is 6.71. The van der Waals surface area contributed by atoms with Crippen LogP contribution in [-0.4, -0.2) is 44.6 Å². The maximum absolute atomic E-state index is 4.46. The summed E-state index contributed by atoms with van der Waals surface area (Å²) in [5.41, 5.74) is 2.73. The summed E-state index contributed by atoms with van der Waals surface area (Å²) in [5, 5.41) is 6.73. The number of nitrogens with zero attached hydrogens (tertiary/aromatic N) is 2. The van der Waals surface area contributed by atoms with Crippen LogP contribution in [-0.2, 0) is 6.42 Å². The van der Waals surface area contributed by atoms with Crippen molar-refractivity contribution in [2.24, 2.45) is 4.99 Å². The molecule has 20 heavy (non-hydrogen) atoms. The van der Waals surface area contributed by atoms with Crippen molar-refractivity contribution in [1.29, 1.82) is 0 Å². The summed E-state index contributed by atoms with van der Waals surface area (Å²) in [6.45, 7) is 4.99. The summed E-state index contributed by atoms with van der Waals surface area (Å²) in [5.74, 6) is 0.938. The van der Waals surface area contributed by atoms with Crippen molar-refractivity contribution >= 4 is 5.96 Å². The van der Waals surface area contributed by atoms with Gasteiger partial charge in [-0.3, -0.25) is 4.99 Å². The van der Waals surface area contributed by atoms with E-state index in [1.807, 2.05) is 0 Å². The summed E-state index contributed by atoms with van der Waals surface area (Å²) >= 11 is 0. The van der Waals surface area contributed by atoms with Crippen molar-refractivity contribution in [3.8, 4) is 0 Å². The molecule has 0 aliphatic carbocycles. The van der Waals surface area contributed by atoms with E-state index in [2.05, 4.69) is 65.8 Å². The van der Waals surface area contributed by atoms with E-state index in [1.165, 1.54) is 11.1 Å². The zero-order valence-corrected chi connectivity index (χ0v) is 12.8. The Hall–Kier alpha value is -1.55. The molecule has 1 aromatic carbocycles. The van der Waals surface area contributed by atoms with E-state index >= 15 is 0 Å². The highest BCUT2D eigenvalue weighted by Gasteiger charge is 2.15. The van der Waals surface area contributed by atoms with Gasteiger partial charge in [0.25, 0.3) is 0 Å². The minimum atomic E-state index is 0.354. The third kappa shape index (κ3) is 3.97. The van der Waals surface area contributed by atoms with Gasteiger partial charge in [0, 0.05) is 19.6 Å². The smallest absolute Gasteiger partial charge is 0.191 e. The van der Waals surface area contributed by atoms with Gasteiger partial charge in [0.2, 0.25) is 0 Å². The lowest BCUT2D eigenvalue weighted by Gasteiger charge is -2.27. The number of rotatable bonds is 5. The Kier molecular flexibility index (Phi) is 5.41. The predicted octanol–water partition coefficient (Wildman–Crippen LogP) is 1.79. The van der Waals surface area contributed by atoms with Gasteiger partial charge in [0.05, 0.1) is 6.04 Å². The van der Waals surface area contributed by atoms with E-state index in [0.717, 1.165) is 38.4 Å². The van der Waals surface area contributed by atoms with Crippen LogP contribution in [0.1, 0.15) is 30.5 Å². The van der Waals surface area contributed by atoms with Crippen molar-refractivity contribution < 1.29 is 0 Å². The van der Waals surface area contributed by atoms with Crippen LogP contribution in [0, 0.1) is 0 Å². The predicted molar refractivity (Wildman–Crippen MR) is 85.2 cm³/mol. The maximum atomic E-state index is 4.46. The highest BCUT2D eigenvalue weighted by Crippen LogP contribution is 2.18.